The number of furan rings is 1. The number of aliphatic hydroxyl groups is 1. The van der Waals surface area contributed by atoms with Gasteiger partial charge in [-0.25, -0.2) is 0 Å². The Labute approximate surface area is 144 Å². The maximum absolute atomic E-state index is 13.0. The number of ether oxygens (including phenoxy) is 2. The van der Waals surface area contributed by atoms with Gasteiger partial charge < -0.3 is 19.0 Å². The molecule has 5 rings (SSSR count). The topological polar surface area (TPSA) is 86.0 Å². The molecular formula is C19H20O6. The summed E-state index contributed by atoms with van der Waals surface area (Å²) in [5, 5.41) is 10.3. The van der Waals surface area contributed by atoms with Crippen molar-refractivity contribution in [2.75, 3.05) is 0 Å². The number of carbonyl (C=O) groups excluding carboxylic acids is 2. The van der Waals surface area contributed by atoms with Crippen LogP contribution in [0.1, 0.15) is 44.3 Å². The van der Waals surface area contributed by atoms with E-state index in [1.807, 2.05) is 13.0 Å². The molecule has 1 aromatic rings. The number of cyclic esters (lactones) is 1. The van der Waals surface area contributed by atoms with E-state index in [1.54, 1.807) is 12.5 Å². The van der Waals surface area contributed by atoms with Gasteiger partial charge in [0.05, 0.1) is 30.0 Å². The summed E-state index contributed by atoms with van der Waals surface area (Å²) in [4.78, 5) is 25.3. The molecule has 2 unspecified atom stereocenters. The molecule has 2 fully saturated rings. The van der Waals surface area contributed by atoms with Gasteiger partial charge >= 0.3 is 11.9 Å². The molecule has 1 aromatic heterocycles. The normalized spacial score (nSPS) is 42.6. The van der Waals surface area contributed by atoms with Crippen LogP contribution in [0.2, 0.25) is 0 Å². The van der Waals surface area contributed by atoms with E-state index in [9.17, 15) is 14.7 Å². The van der Waals surface area contributed by atoms with Crippen LogP contribution in [0.15, 0.2) is 34.2 Å². The largest absolute Gasteiger partial charge is 0.472 e. The second kappa shape index (κ2) is 4.97. The van der Waals surface area contributed by atoms with Gasteiger partial charge in [-0.3, -0.25) is 9.59 Å². The van der Waals surface area contributed by atoms with Crippen LogP contribution in [0.25, 0.3) is 0 Å². The van der Waals surface area contributed by atoms with Crippen molar-refractivity contribution >= 4 is 11.9 Å². The average molecular weight is 344 g/mol. The molecule has 3 heterocycles. The van der Waals surface area contributed by atoms with Crippen molar-refractivity contribution in [1.82, 2.24) is 0 Å². The first kappa shape index (κ1) is 15.2. The second-order valence-electron chi connectivity index (χ2n) is 7.77. The van der Waals surface area contributed by atoms with E-state index >= 15 is 0 Å². The molecule has 0 radical (unpaired) electrons. The fraction of sp³-hybridized carbons (Fsp3) is 0.579. The summed E-state index contributed by atoms with van der Waals surface area (Å²) in [5.41, 5.74) is 1.90. The van der Waals surface area contributed by atoms with E-state index in [-0.39, 0.29) is 30.1 Å². The number of fused-ring (bicyclic) bond motifs is 1. The summed E-state index contributed by atoms with van der Waals surface area (Å²) in [6, 6.07) is 1.81. The highest BCUT2D eigenvalue weighted by Gasteiger charge is 2.62. The molecule has 6 heteroatoms. The van der Waals surface area contributed by atoms with Gasteiger partial charge in [0, 0.05) is 12.0 Å². The number of carbonyl (C=O) groups is 2. The monoisotopic (exact) mass is 344 g/mol. The minimum atomic E-state index is -0.776. The first-order chi connectivity index (χ1) is 12.0. The highest BCUT2D eigenvalue weighted by atomic mass is 16.6. The Bertz CT molecular complexity index is 778. The second-order valence-corrected chi connectivity index (χ2v) is 7.77. The Balaban J connectivity index is 1.64. The summed E-state index contributed by atoms with van der Waals surface area (Å²) in [7, 11) is 0. The van der Waals surface area contributed by atoms with Crippen LogP contribution in [0.4, 0.5) is 0 Å². The molecule has 6 atom stereocenters. The molecule has 0 saturated carbocycles. The van der Waals surface area contributed by atoms with Gasteiger partial charge in [-0.05, 0) is 42.4 Å². The third-order valence-corrected chi connectivity index (χ3v) is 6.54. The first-order valence-electron chi connectivity index (χ1n) is 8.86. The third kappa shape index (κ3) is 1.89. The highest BCUT2D eigenvalue weighted by Crippen LogP contribution is 2.61. The van der Waals surface area contributed by atoms with E-state index in [0.717, 1.165) is 16.7 Å². The fourth-order valence-electron chi connectivity index (χ4n) is 5.35. The smallest absolute Gasteiger partial charge is 0.317 e. The SMILES string of the molecule is C[C@H]1CC2OC(=O)C3C[C@@H](O)CC(=C23)[C@@]12C[C@@H](c1ccoc1)OC2=O. The summed E-state index contributed by atoms with van der Waals surface area (Å²) >= 11 is 0. The van der Waals surface area contributed by atoms with Gasteiger partial charge in [0.15, 0.2) is 0 Å². The van der Waals surface area contributed by atoms with Gasteiger partial charge in [-0.1, -0.05) is 6.92 Å². The number of rotatable bonds is 1. The Morgan fingerprint density at radius 1 is 1.20 bits per heavy atom. The van der Waals surface area contributed by atoms with Crippen LogP contribution in [0, 0.1) is 17.3 Å². The van der Waals surface area contributed by atoms with Crippen LogP contribution in [0.3, 0.4) is 0 Å². The number of hydrogen-bond donors (Lipinski definition) is 1. The Morgan fingerprint density at radius 3 is 2.80 bits per heavy atom. The number of aliphatic hydroxyl groups excluding tert-OH is 1. The molecule has 4 aliphatic rings. The maximum Gasteiger partial charge on any atom is 0.317 e. The van der Waals surface area contributed by atoms with Crippen LogP contribution < -0.4 is 0 Å². The standard InChI is InChI=1S/C19H20O6/c1-9-4-14-16-12(17(21)24-14)5-11(20)6-13(16)19(9)7-15(25-18(19)22)10-2-3-23-8-10/h2-3,8-9,11-12,14-15,20H,4-7H2,1H3/t9-,11+,12?,14?,15-,19+/m0/s1. The Hall–Kier alpha value is -2.08. The van der Waals surface area contributed by atoms with Crippen LogP contribution in [0.5, 0.6) is 0 Å². The molecular weight excluding hydrogens is 324 g/mol. The minimum absolute atomic E-state index is 0.0162. The molecule has 2 saturated heterocycles. The molecule has 2 aliphatic carbocycles. The van der Waals surface area contributed by atoms with Crippen molar-refractivity contribution in [3.8, 4) is 0 Å². The quantitative estimate of drug-likeness (QED) is 0.621. The van der Waals surface area contributed by atoms with E-state index < -0.39 is 17.4 Å². The number of esters is 2. The van der Waals surface area contributed by atoms with Crippen LogP contribution in [-0.4, -0.2) is 29.3 Å². The van der Waals surface area contributed by atoms with Gasteiger partial charge in [0.1, 0.15) is 12.2 Å². The minimum Gasteiger partial charge on any atom is -0.472 e. The zero-order valence-corrected chi connectivity index (χ0v) is 13.9. The van der Waals surface area contributed by atoms with Gasteiger partial charge in [0.2, 0.25) is 0 Å². The van der Waals surface area contributed by atoms with Crippen molar-refractivity contribution in [1.29, 1.82) is 0 Å². The van der Waals surface area contributed by atoms with Crippen molar-refractivity contribution < 1.29 is 28.6 Å². The Kier molecular flexibility index (Phi) is 3.02. The zero-order valence-electron chi connectivity index (χ0n) is 13.9. The van der Waals surface area contributed by atoms with Crippen LogP contribution >= 0.6 is 0 Å². The van der Waals surface area contributed by atoms with E-state index in [0.29, 0.717) is 25.7 Å². The fourth-order valence-corrected chi connectivity index (χ4v) is 5.35. The predicted molar refractivity (Wildman–Crippen MR) is 84.0 cm³/mol. The average Bonchev–Trinajstić information content (AvgIpc) is 3.26. The lowest BCUT2D eigenvalue weighted by atomic mass is 9.57. The molecule has 1 spiro atoms. The molecule has 6 nitrogen and oxygen atoms in total. The van der Waals surface area contributed by atoms with Gasteiger partial charge in [-0.15, -0.1) is 0 Å². The molecule has 0 aromatic carbocycles. The van der Waals surface area contributed by atoms with E-state index in [4.69, 9.17) is 13.9 Å². The van der Waals surface area contributed by atoms with E-state index in [2.05, 4.69) is 0 Å². The van der Waals surface area contributed by atoms with Gasteiger partial charge in [-0.2, -0.15) is 0 Å². The molecule has 0 amide bonds. The zero-order chi connectivity index (χ0) is 17.3. The number of hydrogen-bond acceptors (Lipinski definition) is 6. The lowest BCUT2D eigenvalue weighted by molar-refractivity contribution is -0.150. The molecule has 2 aliphatic heterocycles. The summed E-state index contributed by atoms with van der Waals surface area (Å²) in [5.74, 6) is -0.941. The molecule has 1 N–H and O–H groups in total. The maximum atomic E-state index is 13.0. The van der Waals surface area contributed by atoms with Gasteiger partial charge in [0.25, 0.3) is 0 Å². The van der Waals surface area contributed by atoms with Crippen molar-refractivity contribution in [3.05, 3.63) is 35.3 Å². The Morgan fingerprint density at radius 2 is 2.04 bits per heavy atom. The van der Waals surface area contributed by atoms with Crippen molar-refractivity contribution in [2.45, 2.75) is 50.9 Å². The first-order valence-corrected chi connectivity index (χ1v) is 8.86. The lowest BCUT2D eigenvalue weighted by Crippen LogP contribution is -2.45. The molecule has 132 valence electrons. The summed E-state index contributed by atoms with van der Waals surface area (Å²) in [6.45, 7) is 2.02. The third-order valence-electron chi connectivity index (χ3n) is 6.54. The summed E-state index contributed by atoms with van der Waals surface area (Å²) in [6.07, 6.45) is 3.89. The molecule has 0 bridgehead atoms. The van der Waals surface area contributed by atoms with E-state index in [1.165, 1.54) is 0 Å². The van der Waals surface area contributed by atoms with Crippen molar-refractivity contribution in [3.63, 3.8) is 0 Å². The molecule has 25 heavy (non-hydrogen) atoms. The van der Waals surface area contributed by atoms with Crippen LogP contribution in [-0.2, 0) is 19.1 Å². The highest BCUT2D eigenvalue weighted by molar-refractivity contribution is 5.87. The lowest BCUT2D eigenvalue weighted by Gasteiger charge is -2.44. The predicted octanol–water partition coefficient (Wildman–Crippen LogP) is 2.29. The van der Waals surface area contributed by atoms with Crippen molar-refractivity contribution in [2.24, 2.45) is 17.3 Å². The summed E-state index contributed by atoms with van der Waals surface area (Å²) < 4.78 is 16.4.